The molecule has 0 saturated carbocycles. The summed E-state index contributed by atoms with van der Waals surface area (Å²) in [5, 5.41) is 2.75. The summed E-state index contributed by atoms with van der Waals surface area (Å²) >= 11 is 0. The van der Waals surface area contributed by atoms with Gasteiger partial charge in [-0.15, -0.1) is 12.4 Å². The van der Waals surface area contributed by atoms with Crippen LogP contribution in [0.2, 0.25) is 0 Å². The standard InChI is InChI=1S/C18H26FN3O2.ClH/c1-13(20)16-5-2-3-12-22(16)17(23)6-4-11-21-18(24)14-7-9-15(19)10-8-14;/h7-10,13,16H,2-6,11-12,20H2,1H3,(H,21,24);1H. The first kappa shape index (κ1) is 21.4. The molecule has 2 rings (SSSR count). The van der Waals surface area contributed by atoms with Gasteiger partial charge < -0.3 is 16.0 Å². The van der Waals surface area contributed by atoms with Crippen molar-refractivity contribution in [2.75, 3.05) is 13.1 Å². The predicted octanol–water partition coefficient (Wildman–Crippen LogP) is 2.49. The second-order valence-corrected chi connectivity index (χ2v) is 6.38. The number of hydrogen-bond acceptors (Lipinski definition) is 3. The van der Waals surface area contributed by atoms with Gasteiger partial charge in [-0.05, 0) is 56.9 Å². The SMILES string of the molecule is CC(N)C1CCCCN1C(=O)CCCNC(=O)c1ccc(F)cc1.Cl. The number of benzene rings is 1. The van der Waals surface area contributed by atoms with Crippen molar-refractivity contribution in [1.82, 2.24) is 10.2 Å². The van der Waals surface area contributed by atoms with Crippen LogP contribution >= 0.6 is 12.4 Å². The Kier molecular flexibility index (Phi) is 8.86. The molecule has 0 aliphatic carbocycles. The fourth-order valence-electron chi connectivity index (χ4n) is 3.10. The number of nitrogens with zero attached hydrogens (tertiary/aromatic N) is 1. The van der Waals surface area contributed by atoms with Crippen LogP contribution in [0, 0.1) is 5.82 Å². The van der Waals surface area contributed by atoms with Crippen LogP contribution in [0.1, 0.15) is 49.4 Å². The second kappa shape index (κ2) is 10.4. The molecule has 0 spiro atoms. The van der Waals surface area contributed by atoms with Gasteiger partial charge in [0.25, 0.3) is 5.91 Å². The summed E-state index contributed by atoms with van der Waals surface area (Å²) in [6.07, 6.45) is 4.07. The Balaban J connectivity index is 0.00000312. The van der Waals surface area contributed by atoms with E-state index in [0.29, 0.717) is 24.9 Å². The minimum Gasteiger partial charge on any atom is -0.352 e. The van der Waals surface area contributed by atoms with Crippen LogP contribution in [-0.2, 0) is 4.79 Å². The number of nitrogens with one attached hydrogen (secondary N) is 1. The molecular formula is C18H27ClFN3O2. The Morgan fingerprint density at radius 1 is 1.32 bits per heavy atom. The number of amides is 2. The molecule has 1 aromatic carbocycles. The lowest BCUT2D eigenvalue weighted by molar-refractivity contribution is -0.135. The third-order valence-electron chi connectivity index (χ3n) is 4.44. The van der Waals surface area contributed by atoms with E-state index in [-0.39, 0.29) is 42.1 Å². The lowest BCUT2D eigenvalue weighted by atomic mass is 9.96. The Morgan fingerprint density at radius 3 is 2.64 bits per heavy atom. The summed E-state index contributed by atoms with van der Waals surface area (Å²) in [6, 6.07) is 5.49. The fraction of sp³-hybridized carbons (Fsp3) is 0.556. The highest BCUT2D eigenvalue weighted by Crippen LogP contribution is 2.20. The number of likely N-dealkylation sites (tertiary alicyclic amines) is 1. The van der Waals surface area contributed by atoms with Gasteiger partial charge in [0.05, 0.1) is 0 Å². The highest BCUT2D eigenvalue weighted by Gasteiger charge is 2.28. The van der Waals surface area contributed by atoms with Crippen molar-refractivity contribution in [3.8, 4) is 0 Å². The molecule has 0 aromatic heterocycles. The topological polar surface area (TPSA) is 75.4 Å². The van der Waals surface area contributed by atoms with E-state index in [4.69, 9.17) is 5.73 Å². The molecule has 25 heavy (non-hydrogen) atoms. The highest BCUT2D eigenvalue weighted by atomic mass is 35.5. The molecule has 1 saturated heterocycles. The Hall–Kier alpha value is -1.66. The van der Waals surface area contributed by atoms with Gasteiger partial charge in [-0.2, -0.15) is 0 Å². The van der Waals surface area contributed by atoms with Gasteiger partial charge >= 0.3 is 0 Å². The number of rotatable bonds is 6. The van der Waals surface area contributed by atoms with Crippen molar-refractivity contribution in [1.29, 1.82) is 0 Å². The predicted molar refractivity (Wildman–Crippen MR) is 98.2 cm³/mol. The van der Waals surface area contributed by atoms with Crippen molar-refractivity contribution in [3.05, 3.63) is 35.6 Å². The summed E-state index contributed by atoms with van der Waals surface area (Å²) in [6.45, 7) is 3.13. The lowest BCUT2D eigenvalue weighted by Crippen LogP contribution is -2.51. The molecule has 1 aliphatic heterocycles. The number of halogens is 2. The maximum Gasteiger partial charge on any atom is 0.251 e. The third kappa shape index (κ3) is 6.29. The van der Waals surface area contributed by atoms with Crippen LogP contribution in [-0.4, -0.2) is 41.9 Å². The molecule has 1 aliphatic rings. The lowest BCUT2D eigenvalue weighted by Gasteiger charge is -2.38. The summed E-state index contributed by atoms with van der Waals surface area (Å²) in [4.78, 5) is 26.2. The smallest absolute Gasteiger partial charge is 0.251 e. The van der Waals surface area contributed by atoms with Crippen molar-refractivity contribution >= 4 is 24.2 Å². The molecule has 5 nitrogen and oxygen atoms in total. The quantitative estimate of drug-likeness (QED) is 0.754. The van der Waals surface area contributed by atoms with E-state index in [9.17, 15) is 14.0 Å². The Morgan fingerprint density at radius 2 is 2.00 bits per heavy atom. The van der Waals surface area contributed by atoms with Crippen LogP contribution in [0.15, 0.2) is 24.3 Å². The molecular weight excluding hydrogens is 345 g/mol. The van der Waals surface area contributed by atoms with E-state index in [1.165, 1.54) is 24.3 Å². The highest BCUT2D eigenvalue weighted by molar-refractivity contribution is 5.94. The van der Waals surface area contributed by atoms with E-state index >= 15 is 0 Å². The van der Waals surface area contributed by atoms with E-state index in [2.05, 4.69) is 5.32 Å². The maximum atomic E-state index is 12.8. The van der Waals surface area contributed by atoms with Gasteiger partial charge in [-0.3, -0.25) is 9.59 Å². The van der Waals surface area contributed by atoms with Crippen molar-refractivity contribution in [2.45, 2.75) is 51.1 Å². The zero-order valence-corrected chi connectivity index (χ0v) is 15.4. The molecule has 3 N–H and O–H groups in total. The molecule has 0 radical (unpaired) electrons. The largest absolute Gasteiger partial charge is 0.352 e. The summed E-state index contributed by atoms with van der Waals surface area (Å²) in [7, 11) is 0. The summed E-state index contributed by atoms with van der Waals surface area (Å²) in [5.41, 5.74) is 6.40. The van der Waals surface area contributed by atoms with E-state index in [0.717, 1.165) is 25.8 Å². The fourth-order valence-corrected chi connectivity index (χ4v) is 3.10. The van der Waals surface area contributed by atoms with E-state index < -0.39 is 0 Å². The van der Waals surface area contributed by atoms with Crippen molar-refractivity contribution in [2.24, 2.45) is 5.73 Å². The van der Waals surface area contributed by atoms with Crippen LogP contribution in [0.3, 0.4) is 0 Å². The number of hydrogen-bond donors (Lipinski definition) is 2. The molecule has 140 valence electrons. The molecule has 1 fully saturated rings. The Bertz CT molecular complexity index is 566. The molecule has 1 aromatic rings. The van der Waals surface area contributed by atoms with Crippen LogP contribution in [0.25, 0.3) is 0 Å². The van der Waals surface area contributed by atoms with Gasteiger partial charge in [0, 0.05) is 37.2 Å². The van der Waals surface area contributed by atoms with Gasteiger partial charge in [-0.25, -0.2) is 4.39 Å². The average Bonchev–Trinajstić information content (AvgIpc) is 2.58. The summed E-state index contributed by atoms with van der Waals surface area (Å²) in [5.74, 6) is -0.524. The third-order valence-corrected chi connectivity index (χ3v) is 4.44. The average molecular weight is 372 g/mol. The number of carbonyl (C=O) groups is 2. The monoisotopic (exact) mass is 371 g/mol. The Labute approximate surface area is 154 Å². The first-order chi connectivity index (χ1) is 11.5. The van der Waals surface area contributed by atoms with Gasteiger partial charge in [0.2, 0.25) is 5.91 Å². The number of carbonyl (C=O) groups excluding carboxylic acids is 2. The molecule has 1 heterocycles. The van der Waals surface area contributed by atoms with Crippen LogP contribution in [0.4, 0.5) is 4.39 Å². The zero-order chi connectivity index (χ0) is 17.5. The minimum absolute atomic E-state index is 0. The van der Waals surface area contributed by atoms with Crippen LogP contribution < -0.4 is 11.1 Å². The minimum atomic E-state index is -0.373. The zero-order valence-electron chi connectivity index (χ0n) is 14.5. The second-order valence-electron chi connectivity index (χ2n) is 6.38. The van der Waals surface area contributed by atoms with Gasteiger partial charge in [-0.1, -0.05) is 0 Å². The summed E-state index contributed by atoms with van der Waals surface area (Å²) < 4.78 is 12.8. The molecule has 2 amide bonds. The van der Waals surface area contributed by atoms with Crippen molar-refractivity contribution in [3.63, 3.8) is 0 Å². The first-order valence-corrected chi connectivity index (χ1v) is 8.58. The first-order valence-electron chi connectivity index (χ1n) is 8.58. The van der Waals surface area contributed by atoms with E-state index in [1.54, 1.807) is 0 Å². The molecule has 2 unspecified atom stereocenters. The molecule has 0 bridgehead atoms. The normalized spacial score (nSPS) is 18.2. The van der Waals surface area contributed by atoms with Crippen molar-refractivity contribution < 1.29 is 14.0 Å². The van der Waals surface area contributed by atoms with E-state index in [1.807, 2.05) is 11.8 Å². The van der Waals surface area contributed by atoms with Gasteiger partial charge in [0.1, 0.15) is 5.82 Å². The maximum absolute atomic E-state index is 12.8. The molecule has 7 heteroatoms. The van der Waals surface area contributed by atoms with Gasteiger partial charge in [0.15, 0.2) is 0 Å². The number of piperidine rings is 1. The molecule has 2 atom stereocenters. The number of nitrogens with two attached hydrogens (primary N) is 1. The van der Waals surface area contributed by atoms with Crippen LogP contribution in [0.5, 0.6) is 0 Å².